The van der Waals surface area contributed by atoms with Gasteiger partial charge in [-0.05, 0) is 103 Å². The Bertz CT molecular complexity index is 1770. The van der Waals surface area contributed by atoms with E-state index in [0.29, 0.717) is 51.7 Å². The molecule has 10 heteroatoms. The number of nitrogens with zero attached hydrogens (tertiary/aromatic N) is 2. The van der Waals surface area contributed by atoms with Crippen LogP contribution < -0.4 is 15.8 Å². The number of nitrogens with two attached hydrogens (primary N) is 1. The van der Waals surface area contributed by atoms with Crippen molar-refractivity contribution in [3.05, 3.63) is 99.9 Å². The molecular formula is C40H50F4N4O2. The molecule has 0 bridgehead atoms. The molecule has 6 nitrogen and oxygen atoms in total. The monoisotopic (exact) mass is 694 g/mol. The lowest BCUT2D eigenvalue weighted by molar-refractivity contribution is -0.106. The van der Waals surface area contributed by atoms with Gasteiger partial charge in [-0.1, -0.05) is 41.2 Å². The van der Waals surface area contributed by atoms with Crippen LogP contribution in [0.4, 0.5) is 17.6 Å². The summed E-state index contributed by atoms with van der Waals surface area (Å²) in [4.78, 5) is 15.1. The van der Waals surface area contributed by atoms with Crippen LogP contribution in [0.2, 0.25) is 0 Å². The molecule has 270 valence electrons. The zero-order chi connectivity index (χ0) is 36.9. The summed E-state index contributed by atoms with van der Waals surface area (Å²) >= 11 is 0. The Labute approximate surface area is 293 Å². The van der Waals surface area contributed by atoms with Gasteiger partial charge < -0.3 is 20.7 Å². The summed E-state index contributed by atoms with van der Waals surface area (Å²) in [6.07, 6.45) is 8.24. The van der Waals surface area contributed by atoms with Crippen molar-refractivity contribution in [2.45, 2.75) is 85.8 Å². The van der Waals surface area contributed by atoms with E-state index in [-0.39, 0.29) is 30.0 Å². The van der Waals surface area contributed by atoms with Crippen LogP contribution in [-0.4, -0.2) is 36.5 Å². The summed E-state index contributed by atoms with van der Waals surface area (Å²) in [5, 5.41) is 4.20. The van der Waals surface area contributed by atoms with Crippen molar-refractivity contribution in [2.75, 3.05) is 13.6 Å². The van der Waals surface area contributed by atoms with Gasteiger partial charge >= 0.3 is 6.61 Å². The summed E-state index contributed by atoms with van der Waals surface area (Å²) in [7, 11) is 2.03. The van der Waals surface area contributed by atoms with Crippen molar-refractivity contribution >= 4 is 23.0 Å². The van der Waals surface area contributed by atoms with Crippen LogP contribution in [0.1, 0.15) is 94.5 Å². The topological polar surface area (TPSA) is 80.5 Å². The number of alkyl halides is 2. The highest BCUT2D eigenvalue weighted by atomic mass is 19.3. The van der Waals surface area contributed by atoms with E-state index in [0.717, 1.165) is 43.0 Å². The van der Waals surface area contributed by atoms with E-state index in [9.17, 15) is 13.2 Å². The van der Waals surface area contributed by atoms with Gasteiger partial charge in [-0.2, -0.15) is 8.78 Å². The van der Waals surface area contributed by atoms with E-state index in [1.165, 1.54) is 11.1 Å². The van der Waals surface area contributed by atoms with Crippen molar-refractivity contribution < 1.29 is 27.1 Å². The fourth-order valence-electron chi connectivity index (χ4n) is 7.20. The number of carbonyl (C=O) groups excluding carboxylic acids is 1. The van der Waals surface area contributed by atoms with Crippen LogP contribution in [0.5, 0.6) is 5.75 Å². The number of hydrogen-bond donors (Lipinski definition) is 2. The number of aryl methyl sites for hydroxylation is 1. The van der Waals surface area contributed by atoms with Gasteiger partial charge in [0.1, 0.15) is 17.2 Å². The first-order valence-corrected chi connectivity index (χ1v) is 17.4. The second-order valence-corrected chi connectivity index (χ2v) is 13.4. The summed E-state index contributed by atoms with van der Waals surface area (Å²) in [6.45, 7) is 13.8. The molecule has 2 aromatic carbocycles. The number of fused-ring (bicyclic) bond motifs is 1. The Morgan fingerprint density at radius 3 is 2.42 bits per heavy atom. The molecule has 0 saturated heterocycles. The standard InChI is InChI=1S/C37H41F4N3O.C2H6.CH3NO/c1-19(2)27-14-29(32(39)16-31(27)38)36-26-10-7-21(4)28(26)15-33(44(36)6)30(23-8-9-23)18-42-22(5)24-12-25-11-20(3)17-43-35(25)34(13-24)45-37(40)41;1-2;2-1-3/h11-17,19,21,23,30,36-37,42H,5,7-10,18H2,1-4,6H3;1-2H3;1H,(H2,2,3). The van der Waals surface area contributed by atoms with Gasteiger partial charge in [0, 0.05) is 59.7 Å². The summed E-state index contributed by atoms with van der Waals surface area (Å²) in [5.41, 5.74) is 11.3. The number of nitrogens with one attached hydrogen (secondary N) is 1. The van der Waals surface area contributed by atoms with Gasteiger partial charge in [-0.15, -0.1) is 0 Å². The Morgan fingerprint density at radius 2 is 1.80 bits per heavy atom. The normalized spacial score (nSPS) is 18.9. The number of aromatic nitrogens is 1. The number of rotatable bonds is 10. The van der Waals surface area contributed by atoms with E-state index in [1.807, 2.05) is 53.8 Å². The lowest BCUT2D eigenvalue weighted by Crippen LogP contribution is -2.37. The van der Waals surface area contributed by atoms with Gasteiger partial charge in [0.05, 0.1) is 6.04 Å². The van der Waals surface area contributed by atoms with E-state index < -0.39 is 18.2 Å². The van der Waals surface area contributed by atoms with E-state index in [4.69, 9.17) is 9.53 Å². The molecular weight excluding hydrogens is 644 g/mol. The Balaban J connectivity index is 0.00000107. The third-order valence-corrected chi connectivity index (χ3v) is 9.76. The molecule has 3 aromatic rings. The number of allylic oxidation sites excluding steroid dienone is 2. The number of carbonyl (C=O) groups is 1. The molecule has 3 atom stereocenters. The van der Waals surface area contributed by atoms with Gasteiger partial charge in [-0.25, -0.2) is 8.78 Å². The zero-order valence-electron chi connectivity index (χ0n) is 30.1. The molecule has 0 spiro atoms. The first-order chi connectivity index (χ1) is 23.8. The Hall–Kier alpha value is -4.34. The van der Waals surface area contributed by atoms with E-state index >= 15 is 4.39 Å². The van der Waals surface area contributed by atoms with Gasteiger partial charge in [0.2, 0.25) is 6.41 Å². The maximum Gasteiger partial charge on any atom is 0.387 e. The Morgan fingerprint density at radius 1 is 1.12 bits per heavy atom. The predicted molar refractivity (Wildman–Crippen MR) is 192 cm³/mol. The molecule has 2 heterocycles. The van der Waals surface area contributed by atoms with Gasteiger partial charge in [0.25, 0.3) is 0 Å². The predicted octanol–water partition coefficient (Wildman–Crippen LogP) is 9.56. The fraction of sp³-hybridized carbons (Fsp3) is 0.450. The summed E-state index contributed by atoms with van der Waals surface area (Å²) in [5.74, 6) is -0.165. The summed E-state index contributed by atoms with van der Waals surface area (Å²) in [6, 6.07) is 7.80. The Kier molecular flexibility index (Phi) is 12.8. The molecule has 50 heavy (non-hydrogen) atoms. The molecule has 2 aliphatic carbocycles. The number of hydrogen-bond acceptors (Lipinski definition) is 5. The molecule has 1 amide bonds. The van der Waals surface area contributed by atoms with Crippen molar-refractivity contribution in [3.8, 4) is 5.75 Å². The third kappa shape index (κ3) is 8.33. The van der Waals surface area contributed by atoms with Crippen molar-refractivity contribution in [1.29, 1.82) is 0 Å². The number of likely N-dealkylation sites (N-methyl/N-ethyl adjacent to an activating group) is 1. The van der Waals surface area contributed by atoms with Crippen LogP contribution in [0.25, 0.3) is 16.6 Å². The number of pyridine rings is 1. The smallest absolute Gasteiger partial charge is 0.387 e. The third-order valence-electron chi connectivity index (χ3n) is 9.76. The number of halogens is 4. The fourth-order valence-corrected chi connectivity index (χ4v) is 7.20. The number of ether oxygens (including phenoxy) is 1. The average molecular weight is 695 g/mol. The highest BCUT2D eigenvalue weighted by Gasteiger charge is 2.42. The molecule has 3 unspecified atom stereocenters. The van der Waals surface area contributed by atoms with Crippen molar-refractivity contribution in [1.82, 2.24) is 15.2 Å². The average Bonchev–Trinajstić information content (AvgIpc) is 3.84. The highest BCUT2D eigenvalue weighted by molar-refractivity contribution is 5.88. The minimum atomic E-state index is -2.98. The van der Waals surface area contributed by atoms with Gasteiger partial charge in [-0.3, -0.25) is 9.78 Å². The summed E-state index contributed by atoms with van der Waals surface area (Å²) < 4.78 is 61.8. The first kappa shape index (κ1) is 38.5. The van der Waals surface area contributed by atoms with Crippen LogP contribution in [0, 0.1) is 36.3 Å². The molecule has 1 saturated carbocycles. The lowest BCUT2D eigenvalue weighted by Gasteiger charge is -2.41. The maximum atomic E-state index is 15.6. The van der Waals surface area contributed by atoms with Crippen LogP contribution in [0.15, 0.2) is 66.0 Å². The molecule has 3 N–H and O–H groups in total. The molecule has 1 fully saturated rings. The van der Waals surface area contributed by atoms with Crippen LogP contribution >= 0.6 is 0 Å². The SMILES string of the molecule is C=C(NCC(C1=CC2=C(CCC2C)C(c2cc(C(C)C)c(F)cc2F)N1C)C1CC1)c1cc(OC(F)F)c2ncc(C)cc2c1.CC.NC=O. The minimum Gasteiger partial charge on any atom is -0.432 e. The zero-order valence-corrected chi connectivity index (χ0v) is 30.1. The first-order valence-electron chi connectivity index (χ1n) is 17.4. The largest absolute Gasteiger partial charge is 0.432 e. The molecule has 1 aliphatic heterocycles. The number of primary amides is 1. The van der Waals surface area contributed by atoms with Crippen molar-refractivity contribution in [2.24, 2.45) is 23.5 Å². The maximum absolute atomic E-state index is 15.6. The minimum absolute atomic E-state index is 0.00790. The van der Waals surface area contributed by atoms with E-state index in [2.05, 4.69) is 40.5 Å². The van der Waals surface area contributed by atoms with Crippen molar-refractivity contribution in [3.63, 3.8) is 0 Å². The second-order valence-electron chi connectivity index (χ2n) is 13.4. The molecule has 0 radical (unpaired) electrons. The number of amides is 1. The molecule has 6 rings (SSSR count). The van der Waals surface area contributed by atoms with Crippen LogP contribution in [0.3, 0.4) is 0 Å². The van der Waals surface area contributed by atoms with Gasteiger partial charge in [0.15, 0.2) is 5.75 Å². The quantitative estimate of drug-likeness (QED) is 0.163. The molecule has 1 aromatic heterocycles. The second kappa shape index (κ2) is 16.6. The van der Waals surface area contributed by atoms with E-state index in [1.54, 1.807) is 18.3 Å². The van der Waals surface area contributed by atoms with Crippen LogP contribution in [-0.2, 0) is 4.79 Å². The lowest BCUT2D eigenvalue weighted by atomic mass is 9.84. The molecule has 3 aliphatic rings. The highest BCUT2D eigenvalue weighted by Crippen LogP contribution is 2.51. The number of benzene rings is 2.